The van der Waals surface area contributed by atoms with Crippen LogP contribution in [0.2, 0.25) is 0 Å². The van der Waals surface area contributed by atoms with E-state index >= 15 is 0 Å². The summed E-state index contributed by atoms with van der Waals surface area (Å²) in [4.78, 5) is 11.0. The van der Waals surface area contributed by atoms with Crippen LogP contribution in [0.4, 0.5) is 11.6 Å². The molecule has 0 unspecified atom stereocenters. The summed E-state index contributed by atoms with van der Waals surface area (Å²) >= 11 is 0. The molecule has 0 aliphatic carbocycles. The third-order valence-electron chi connectivity index (χ3n) is 4.59. The van der Waals surface area contributed by atoms with Crippen molar-refractivity contribution in [3.05, 3.63) is 11.9 Å². The van der Waals surface area contributed by atoms with Crippen LogP contribution in [0.1, 0.15) is 58.4 Å². The Morgan fingerprint density at radius 3 is 2.47 bits per heavy atom. The van der Waals surface area contributed by atoms with Gasteiger partial charge in [0.25, 0.3) is 0 Å². The molecule has 19 heavy (non-hydrogen) atoms. The molecule has 1 aliphatic rings. The van der Waals surface area contributed by atoms with Crippen molar-refractivity contribution in [3.8, 4) is 0 Å². The van der Waals surface area contributed by atoms with E-state index in [1.54, 1.807) is 6.33 Å². The maximum absolute atomic E-state index is 6.03. The van der Waals surface area contributed by atoms with Gasteiger partial charge in [0.1, 0.15) is 18.0 Å². The molecule has 1 aromatic heterocycles. The Kier molecular flexibility index (Phi) is 3.97. The number of aromatic nitrogens is 2. The van der Waals surface area contributed by atoms with Crippen LogP contribution in [-0.4, -0.2) is 23.1 Å². The van der Waals surface area contributed by atoms with Gasteiger partial charge in [-0.05, 0) is 24.2 Å². The standard InChI is InChI=1S/C15H26N4/c1-5-15(4)6-8-19(9-7-15)14-12(11(2)3)13(16)17-10-18-14/h10-11H,5-9H2,1-4H3,(H2,16,17,18). The largest absolute Gasteiger partial charge is 0.383 e. The summed E-state index contributed by atoms with van der Waals surface area (Å²) in [5, 5.41) is 0. The second-order valence-electron chi connectivity index (χ2n) is 6.30. The highest BCUT2D eigenvalue weighted by atomic mass is 15.2. The molecule has 4 heteroatoms. The van der Waals surface area contributed by atoms with E-state index in [-0.39, 0.29) is 0 Å². The van der Waals surface area contributed by atoms with E-state index in [1.807, 2.05) is 0 Å². The number of rotatable bonds is 3. The minimum Gasteiger partial charge on any atom is -0.383 e. The molecule has 1 saturated heterocycles. The van der Waals surface area contributed by atoms with Gasteiger partial charge in [-0.3, -0.25) is 0 Å². The summed E-state index contributed by atoms with van der Waals surface area (Å²) in [7, 11) is 0. The van der Waals surface area contributed by atoms with Crippen molar-refractivity contribution >= 4 is 11.6 Å². The van der Waals surface area contributed by atoms with E-state index in [4.69, 9.17) is 5.73 Å². The van der Waals surface area contributed by atoms with Crippen LogP contribution < -0.4 is 10.6 Å². The van der Waals surface area contributed by atoms with Crippen molar-refractivity contribution in [2.24, 2.45) is 5.41 Å². The predicted octanol–water partition coefficient (Wildman–Crippen LogP) is 3.20. The molecule has 106 valence electrons. The number of anilines is 2. The van der Waals surface area contributed by atoms with Crippen molar-refractivity contribution in [1.82, 2.24) is 9.97 Å². The van der Waals surface area contributed by atoms with E-state index < -0.39 is 0 Å². The monoisotopic (exact) mass is 262 g/mol. The number of hydrogen-bond donors (Lipinski definition) is 1. The van der Waals surface area contributed by atoms with Crippen molar-refractivity contribution in [1.29, 1.82) is 0 Å². The van der Waals surface area contributed by atoms with E-state index in [2.05, 4.69) is 42.6 Å². The van der Waals surface area contributed by atoms with Gasteiger partial charge in [0.15, 0.2) is 0 Å². The van der Waals surface area contributed by atoms with E-state index in [9.17, 15) is 0 Å². The molecule has 0 amide bonds. The summed E-state index contributed by atoms with van der Waals surface area (Å²) in [6.07, 6.45) is 5.30. The molecule has 1 aliphatic heterocycles. The molecule has 0 atom stereocenters. The van der Waals surface area contributed by atoms with Gasteiger partial charge in [0.2, 0.25) is 0 Å². The Balaban J connectivity index is 2.22. The first-order chi connectivity index (χ1) is 8.97. The first-order valence-corrected chi connectivity index (χ1v) is 7.32. The zero-order chi connectivity index (χ0) is 14.0. The van der Waals surface area contributed by atoms with Gasteiger partial charge in [-0.2, -0.15) is 0 Å². The van der Waals surface area contributed by atoms with Gasteiger partial charge in [0, 0.05) is 18.7 Å². The third-order valence-corrected chi connectivity index (χ3v) is 4.59. The molecule has 2 heterocycles. The molecule has 1 aromatic rings. The van der Waals surface area contributed by atoms with Gasteiger partial charge >= 0.3 is 0 Å². The minimum absolute atomic E-state index is 0.357. The molecule has 2 rings (SSSR count). The highest BCUT2D eigenvalue weighted by Gasteiger charge is 2.30. The summed E-state index contributed by atoms with van der Waals surface area (Å²) in [6, 6.07) is 0. The number of nitrogens with two attached hydrogens (primary N) is 1. The summed E-state index contributed by atoms with van der Waals surface area (Å²) < 4.78 is 0. The van der Waals surface area contributed by atoms with Crippen LogP contribution in [-0.2, 0) is 0 Å². The van der Waals surface area contributed by atoms with Crippen molar-refractivity contribution in [3.63, 3.8) is 0 Å². The molecule has 2 N–H and O–H groups in total. The fraction of sp³-hybridized carbons (Fsp3) is 0.733. The lowest BCUT2D eigenvalue weighted by molar-refractivity contribution is 0.237. The van der Waals surface area contributed by atoms with Crippen LogP contribution in [0.15, 0.2) is 6.33 Å². The molecular formula is C15H26N4. The highest BCUT2D eigenvalue weighted by Crippen LogP contribution is 2.37. The Labute approximate surface area is 116 Å². The summed E-state index contributed by atoms with van der Waals surface area (Å²) in [5.74, 6) is 2.03. The molecule has 1 fully saturated rings. The Bertz CT molecular complexity index is 434. The van der Waals surface area contributed by atoms with Gasteiger partial charge in [-0.1, -0.05) is 34.1 Å². The Morgan fingerprint density at radius 2 is 1.95 bits per heavy atom. The Morgan fingerprint density at radius 1 is 1.32 bits per heavy atom. The van der Waals surface area contributed by atoms with Crippen molar-refractivity contribution < 1.29 is 0 Å². The fourth-order valence-corrected chi connectivity index (χ4v) is 2.82. The quantitative estimate of drug-likeness (QED) is 0.909. The van der Waals surface area contributed by atoms with Crippen LogP contribution in [0.25, 0.3) is 0 Å². The number of hydrogen-bond acceptors (Lipinski definition) is 4. The van der Waals surface area contributed by atoms with Gasteiger partial charge in [-0.25, -0.2) is 9.97 Å². The predicted molar refractivity (Wildman–Crippen MR) is 80.4 cm³/mol. The molecule has 0 bridgehead atoms. The number of piperidine rings is 1. The van der Waals surface area contributed by atoms with E-state index in [1.165, 1.54) is 19.3 Å². The summed E-state index contributed by atoms with van der Waals surface area (Å²) in [5.41, 5.74) is 7.62. The lowest BCUT2D eigenvalue weighted by atomic mass is 9.78. The van der Waals surface area contributed by atoms with Gasteiger partial charge in [0.05, 0.1) is 0 Å². The van der Waals surface area contributed by atoms with Crippen LogP contribution in [0, 0.1) is 5.41 Å². The lowest BCUT2D eigenvalue weighted by Gasteiger charge is -2.40. The smallest absolute Gasteiger partial charge is 0.137 e. The molecule has 4 nitrogen and oxygen atoms in total. The molecule has 0 saturated carbocycles. The second-order valence-corrected chi connectivity index (χ2v) is 6.30. The summed E-state index contributed by atoms with van der Waals surface area (Å²) in [6.45, 7) is 11.1. The maximum atomic E-state index is 6.03. The molecular weight excluding hydrogens is 236 g/mol. The first kappa shape index (κ1) is 14.1. The molecule has 0 aromatic carbocycles. The first-order valence-electron chi connectivity index (χ1n) is 7.32. The lowest BCUT2D eigenvalue weighted by Crippen LogP contribution is -2.39. The number of nitrogen functional groups attached to an aromatic ring is 1. The topological polar surface area (TPSA) is 55.0 Å². The van der Waals surface area contributed by atoms with Crippen LogP contribution >= 0.6 is 0 Å². The average molecular weight is 262 g/mol. The Hall–Kier alpha value is -1.32. The zero-order valence-electron chi connectivity index (χ0n) is 12.6. The fourth-order valence-electron chi connectivity index (χ4n) is 2.82. The third kappa shape index (κ3) is 2.82. The van der Waals surface area contributed by atoms with Gasteiger partial charge in [-0.15, -0.1) is 0 Å². The maximum Gasteiger partial charge on any atom is 0.137 e. The average Bonchev–Trinajstić information content (AvgIpc) is 2.39. The van der Waals surface area contributed by atoms with E-state index in [0.717, 1.165) is 24.5 Å². The minimum atomic E-state index is 0.357. The second kappa shape index (κ2) is 5.35. The highest BCUT2D eigenvalue weighted by molar-refractivity contribution is 5.58. The molecule has 0 spiro atoms. The van der Waals surface area contributed by atoms with Gasteiger partial charge < -0.3 is 10.6 Å². The van der Waals surface area contributed by atoms with Crippen LogP contribution in [0.5, 0.6) is 0 Å². The van der Waals surface area contributed by atoms with Crippen LogP contribution in [0.3, 0.4) is 0 Å². The van der Waals surface area contributed by atoms with E-state index in [0.29, 0.717) is 17.2 Å². The number of nitrogens with zero attached hydrogens (tertiary/aromatic N) is 3. The van der Waals surface area contributed by atoms with Crippen molar-refractivity contribution in [2.45, 2.75) is 52.9 Å². The zero-order valence-corrected chi connectivity index (χ0v) is 12.6. The molecule has 0 radical (unpaired) electrons. The normalized spacial score (nSPS) is 18.9. The van der Waals surface area contributed by atoms with Crippen molar-refractivity contribution in [2.75, 3.05) is 23.7 Å². The SMILES string of the molecule is CCC1(C)CCN(c2ncnc(N)c2C(C)C)CC1.